The lowest BCUT2D eigenvalue weighted by molar-refractivity contribution is 0.251. The van der Waals surface area contributed by atoms with E-state index in [1.807, 2.05) is 18.2 Å². The smallest absolute Gasteiger partial charge is 0.0713 e. The summed E-state index contributed by atoms with van der Waals surface area (Å²) in [7, 11) is 0. The lowest BCUT2D eigenvalue weighted by atomic mass is 9.86. The van der Waals surface area contributed by atoms with Gasteiger partial charge < -0.3 is 4.90 Å². The van der Waals surface area contributed by atoms with Gasteiger partial charge in [0.2, 0.25) is 0 Å². The van der Waals surface area contributed by atoms with Crippen LogP contribution >= 0.6 is 12.4 Å². The van der Waals surface area contributed by atoms with Gasteiger partial charge in [0.25, 0.3) is 0 Å². The molecule has 1 aliphatic heterocycles. The second kappa shape index (κ2) is 11.3. The van der Waals surface area contributed by atoms with Crippen molar-refractivity contribution in [2.75, 3.05) is 19.6 Å². The van der Waals surface area contributed by atoms with E-state index in [0.29, 0.717) is 0 Å². The Hall–Kier alpha value is -3.12. The third kappa shape index (κ3) is 5.17. The topological polar surface area (TPSA) is 27.0 Å². The molecule has 1 saturated heterocycles. The Morgan fingerprint density at radius 3 is 1.91 bits per heavy atom. The van der Waals surface area contributed by atoms with Gasteiger partial charge in [-0.15, -0.1) is 12.4 Å². The molecule has 0 bridgehead atoms. The summed E-state index contributed by atoms with van der Waals surface area (Å²) >= 11 is 0. The highest BCUT2D eigenvalue weighted by atomic mass is 35.5. The summed E-state index contributed by atoms with van der Waals surface area (Å²) in [5, 5.41) is 9.60. The summed E-state index contributed by atoms with van der Waals surface area (Å²) in [5.74, 6) is 0.000150. The summed E-state index contributed by atoms with van der Waals surface area (Å²) in [6, 6.07) is 30.3. The van der Waals surface area contributed by atoms with E-state index in [9.17, 15) is 5.26 Å². The second-order valence-electron chi connectivity index (χ2n) is 9.06. The van der Waals surface area contributed by atoms with Crippen molar-refractivity contribution >= 4 is 30.1 Å². The zero-order valence-electron chi connectivity index (χ0n) is 19.5. The molecule has 0 saturated carbocycles. The predicted octanol–water partition coefficient (Wildman–Crippen LogP) is 7.58. The van der Waals surface area contributed by atoms with Crippen LogP contribution in [0.15, 0.2) is 84.4 Å². The molecule has 3 aromatic rings. The Labute approximate surface area is 209 Å². The van der Waals surface area contributed by atoms with Crippen LogP contribution in [-0.2, 0) is 0 Å². The molecule has 2 nitrogen and oxygen atoms in total. The van der Waals surface area contributed by atoms with E-state index < -0.39 is 0 Å². The molecule has 0 spiro atoms. The molecule has 1 unspecified atom stereocenters. The van der Waals surface area contributed by atoms with Crippen LogP contribution in [0.2, 0.25) is 0 Å². The largest absolute Gasteiger partial charge is 0.303 e. The molecule has 2 aliphatic rings. The van der Waals surface area contributed by atoms with Gasteiger partial charge in [-0.1, -0.05) is 96.6 Å². The number of hydrogen-bond donors (Lipinski definition) is 0. The second-order valence-corrected chi connectivity index (χ2v) is 9.06. The Morgan fingerprint density at radius 1 is 0.765 bits per heavy atom. The molecule has 1 aliphatic carbocycles. The first kappa shape index (κ1) is 24.0. The van der Waals surface area contributed by atoms with Gasteiger partial charge in [0, 0.05) is 13.1 Å². The predicted molar refractivity (Wildman–Crippen MR) is 145 cm³/mol. The molecular weight excluding hydrogens is 436 g/mol. The lowest BCUT2D eigenvalue weighted by Crippen LogP contribution is -2.32. The molecule has 34 heavy (non-hydrogen) atoms. The minimum atomic E-state index is 0. The maximum absolute atomic E-state index is 9.60. The van der Waals surface area contributed by atoms with Crippen LogP contribution in [0.25, 0.3) is 17.7 Å². The molecule has 1 heterocycles. The SMILES string of the molecule is Cl.N#CC(CCCN1CCC(=C2c3ccccc3C=Cc3ccccc32)CC1)c1ccccc1. The summed E-state index contributed by atoms with van der Waals surface area (Å²) in [5.41, 5.74) is 9.51. The van der Waals surface area contributed by atoms with E-state index in [2.05, 4.69) is 83.8 Å². The van der Waals surface area contributed by atoms with Crippen molar-refractivity contribution in [3.05, 3.63) is 112 Å². The first-order valence-electron chi connectivity index (χ1n) is 12.1. The molecule has 1 fully saturated rings. The van der Waals surface area contributed by atoms with Gasteiger partial charge >= 0.3 is 0 Å². The molecule has 1 atom stereocenters. The van der Waals surface area contributed by atoms with Crippen LogP contribution in [-0.4, -0.2) is 24.5 Å². The molecule has 0 aromatic heterocycles. The van der Waals surface area contributed by atoms with Crippen LogP contribution in [0.4, 0.5) is 0 Å². The highest BCUT2D eigenvalue weighted by Crippen LogP contribution is 2.38. The van der Waals surface area contributed by atoms with E-state index >= 15 is 0 Å². The number of nitrogens with zero attached hydrogens (tertiary/aromatic N) is 2. The fraction of sp³-hybridized carbons (Fsp3) is 0.258. The summed E-state index contributed by atoms with van der Waals surface area (Å²) in [4.78, 5) is 2.58. The molecule has 0 amide bonds. The number of benzene rings is 3. The van der Waals surface area contributed by atoms with E-state index in [0.717, 1.165) is 50.9 Å². The first-order valence-corrected chi connectivity index (χ1v) is 12.1. The quantitative estimate of drug-likeness (QED) is 0.303. The normalized spacial score (nSPS) is 16.0. The summed E-state index contributed by atoms with van der Waals surface area (Å²) in [6.45, 7) is 3.26. The van der Waals surface area contributed by atoms with Gasteiger partial charge in [0.15, 0.2) is 0 Å². The van der Waals surface area contributed by atoms with Crippen LogP contribution < -0.4 is 0 Å². The van der Waals surface area contributed by atoms with E-state index in [-0.39, 0.29) is 18.3 Å². The van der Waals surface area contributed by atoms with Gasteiger partial charge in [0.05, 0.1) is 12.0 Å². The Morgan fingerprint density at radius 2 is 1.32 bits per heavy atom. The molecule has 0 radical (unpaired) electrons. The van der Waals surface area contributed by atoms with Crippen LogP contribution in [0.5, 0.6) is 0 Å². The Balaban J connectivity index is 0.00000274. The number of fused-ring (bicyclic) bond motifs is 2. The van der Waals surface area contributed by atoms with Crippen molar-refractivity contribution in [3.63, 3.8) is 0 Å². The number of piperidine rings is 1. The minimum Gasteiger partial charge on any atom is -0.303 e. The maximum Gasteiger partial charge on any atom is 0.0713 e. The van der Waals surface area contributed by atoms with Gasteiger partial charge in [-0.05, 0) is 65.6 Å². The van der Waals surface area contributed by atoms with Crippen LogP contribution in [0.3, 0.4) is 0 Å². The zero-order valence-corrected chi connectivity index (χ0v) is 20.3. The fourth-order valence-electron chi connectivity index (χ4n) is 5.25. The van der Waals surface area contributed by atoms with E-state index in [1.54, 1.807) is 5.57 Å². The van der Waals surface area contributed by atoms with Gasteiger partial charge in [-0.2, -0.15) is 5.26 Å². The summed E-state index contributed by atoms with van der Waals surface area (Å²) < 4.78 is 0. The van der Waals surface area contributed by atoms with Crippen LogP contribution in [0, 0.1) is 11.3 Å². The zero-order chi connectivity index (χ0) is 22.5. The van der Waals surface area contributed by atoms with Crippen molar-refractivity contribution in [1.82, 2.24) is 4.90 Å². The monoisotopic (exact) mass is 466 g/mol. The van der Waals surface area contributed by atoms with Crippen molar-refractivity contribution < 1.29 is 0 Å². The van der Waals surface area contributed by atoms with Crippen molar-refractivity contribution in [2.24, 2.45) is 0 Å². The number of likely N-dealkylation sites (tertiary alicyclic amines) is 1. The van der Waals surface area contributed by atoms with Gasteiger partial charge in [-0.3, -0.25) is 0 Å². The van der Waals surface area contributed by atoms with Crippen molar-refractivity contribution in [3.8, 4) is 6.07 Å². The minimum absolute atomic E-state index is 0. The Bertz CT molecular complexity index is 1160. The molecule has 3 aromatic carbocycles. The summed E-state index contributed by atoms with van der Waals surface area (Å²) in [6.07, 6.45) is 8.73. The molecular formula is C31H31ClN2. The standard InChI is InChI=1S/C31H30N2.ClH/c32-23-28(24-9-2-1-3-10-24)13-8-20-33-21-18-27(19-22-33)31-29-14-6-4-11-25(29)16-17-26-12-5-7-15-30(26)31;/h1-7,9-12,14-17,28H,8,13,18-22H2;1H. The molecule has 5 rings (SSSR count). The Kier molecular flexibility index (Phi) is 8.01. The van der Waals surface area contributed by atoms with Crippen molar-refractivity contribution in [2.45, 2.75) is 31.6 Å². The average molecular weight is 467 g/mol. The van der Waals surface area contributed by atoms with E-state index in [1.165, 1.54) is 27.8 Å². The molecule has 3 heteroatoms. The lowest BCUT2D eigenvalue weighted by Gasteiger charge is -2.30. The highest BCUT2D eigenvalue weighted by Gasteiger charge is 2.22. The third-order valence-electron chi connectivity index (χ3n) is 7.04. The van der Waals surface area contributed by atoms with Crippen LogP contribution in [0.1, 0.15) is 59.4 Å². The number of rotatable bonds is 5. The van der Waals surface area contributed by atoms with Gasteiger partial charge in [0.1, 0.15) is 0 Å². The average Bonchev–Trinajstić information content (AvgIpc) is 3.05. The number of hydrogen-bond acceptors (Lipinski definition) is 2. The van der Waals surface area contributed by atoms with E-state index in [4.69, 9.17) is 0 Å². The first-order chi connectivity index (χ1) is 16.3. The van der Waals surface area contributed by atoms with Crippen molar-refractivity contribution in [1.29, 1.82) is 5.26 Å². The fourth-order valence-corrected chi connectivity index (χ4v) is 5.25. The maximum atomic E-state index is 9.60. The number of nitriles is 1. The van der Waals surface area contributed by atoms with Gasteiger partial charge in [-0.25, -0.2) is 0 Å². The number of halogens is 1. The third-order valence-corrected chi connectivity index (χ3v) is 7.04. The molecule has 0 N–H and O–H groups in total. The molecule has 172 valence electrons. The highest BCUT2D eigenvalue weighted by molar-refractivity contribution is 5.94.